The minimum Gasteiger partial charge on any atom is -0.242 e. The molecule has 0 amide bonds. The lowest BCUT2D eigenvalue weighted by Gasteiger charge is -1.98. The standard InChI is InChI=1S/C10H6N4/c1-2-4-8-7(3-1)10-9(14-13-8)5-11-6-12-10/h1-6H. The number of benzene rings is 1. The molecule has 66 valence electrons. The second-order valence-electron chi connectivity index (χ2n) is 2.97. The third-order valence-electron chi connectivity index (χ3n) is 2.12. The predicted octanol–water partition coefficient (Wildman–Crippen LogP) is 1.57. The van der Waals surface area contributed by atoms with E-state index in [1.54, 1.807) is 6.20 Å². The van der Waals surface area contributed by atoms with Crippen LogP contribution in [-0.4, -0.2) is 20.2 Å². The summed E-state index contributed by atoms with van der Waals surface area (Å²) in [6, 6.07) is 7.80. The Balaban J connectivity index is 2.61. The third-order valence-corrected chi connectivity index (χ3v) is 2.12. The summed E-state index contributed by atoms with van der Waals surface area (Å²) in [4.78, 5) is 8.10. The number of nitrogens with zero attached hydrogens (tertiary/aromatic N) is 4. The molecule has 0 spiro atoms. The van der Waals surface area contributed by atoms with E-state index < -0.39 is 0 Å². The summed E-state index contributed by atoms with van der Waals surface area (Å²) in [6.45, 7) is 0. The van der Waals surface area contributed by atoms with Gasteiger partial charge in [0.1, 0.15) is 17.4 Å². The number of rotatable bonds is 0. The first-order valence-electron chi connectivity index (χ1n) is 4.26. The lowest BCUT2D eigenvalue weighted by atomic mass is 10.2. The predicted molar refractivity (Wildman–Crippen MR) is 52.6 cm³/mol. The molecule has 0 radical (unpaired) electrons. The molecule has 0 bridgehead atoms. The Labute approximate surface area is 79.6 Å². The molecule has 3 rings (SSSR count). The minimum atomic E-state index is 0.728. The maximum Gasteiger partial charge on any atom is 0.130 e. The van der Waals surface area contributed by atoms with Crippen LogP contribution in [0.3, 0.4) is 0 Å². The van der Waals surface area contributed by atoms with Crippen LogP contribution in [-0.2, 0) is 0 Å². The van der Waals surface area contributed by atoms with Gasteiger partial charge in [0.25, 0.3) is 0 Å². The molecule has 0 aliphatic rings. The lowest BCUT2D eigenvalue weighted by molar-refractivity contribution is 1.09. The van der Waals surface area contributed by atoms with Crippen molar-refractivity contribution >= 4 is 21.9 Å². The summed E-state index contributed by atoms with van der Waals surface area (Å²) in [5, 5.41) is 9.13. The quantitative estimate of drug-likeness (QED) is 0.495. The smallest absolute Gasteiger partial charge is 0.130 e. The van der Waals surface area contributed by atoms with Crippen molar-refractivity contribution in [3.63, 3.8) is 0 Å². The molecule has 0 aliphatic heterocycles. The number of fused-ring (bicyclic) bond motifs is 3. The highest BCUT2D eigenvalue weighted by atomic mass is 15.1. The van der Waals surface area contributed by atoms with E-state index in [1.807, 2.05) is 24.3 Å². The van der Waals surface area contributed by atoms with E-state index in [4.69, 9.17) is 0 Å². The first-order valence-corrected chi connectivity index (χ1v) is 4.26. The summed E-state index contributed by atoms with van der Waals surface area (Å²) in [7, 11) is 0. The van der Waals surface area contributed by atoms with E-state index in [-0.39, 0.29) is 0 Å². The fourth-order valence-corrected chi connectivity index (χ4v) is 1.47. The number of aromatic nitrogens is 4. The van der Waals surface area contributed by atoms with Gasteiger partial charge in [0.2, 0.25) is 0 Å². The Kier molecular flexibility index (Phi) is 1.41. The van der Waals surface area contributed by atoms with E-state index in [1.165, 1.54) is 6.33 Å². The molecule has 2 aromatic heterocycles. The average Bonchev–Trinajstić information content (AvgIpc) is 2.29. The van der Waals surface area contributed by atoms with Crippen molar-refractivity contribution in [2.24, 2.45) is 0 Å². The number of hydrogen-bond donors (Lipinski definition) is 0. The van der Waals surface area contributed by atoms with Gasteiger partial charge in [0.15, 0.2) is 0 Å². The van der Waals surface area contributed by atoms with Gasteiger partial charge in [-0.2, -0.15) is 0 Å². The molecule has 0 N–H and O–H groups in total. The Morgan fingerprint density at radius 2 is 1.79 bits per heavy atom. The van der Waals surface area contributed by atoms with Crippen LogP contribution in [0.15, 0.2) is 36.8 Å². The molecular weight excluding hydrogens is 176 g/mol. The minimum absolute atomic E-state index is 0.728. The van der Waals surface area contributed by atoms with E-state index >= 15 is 0 Å². The summed E-state index contributed by atoms with van der Waals surface area (Å²) < 4.78 is 0. The molecule has 0 unspecified atom stereocenters. The maximum absolute atomic E-state index is 4.20. The van der Waals surface area contributed by atoms with Crippen molar-refractivity contribution in [3.05, 3.63) is 36.8 Å². The zero-order valence-corrected chi connectivity index (χ0v) is 7.25. The Hall–Kier alpha value is -2.10. The van der Waals surface area contributed by atoms with Crippen molar-refractivity contribution in [3.8, 4) is 0 Å². The van der Waals surface area contributed by atoms with Gasteiger partial charge in [-0.3, -0.25) is 0 Å². The molecule has 14 heavy (non-hydrogen) atoms. The normalized spacial score (nSPS) is 10.9. The molecule has 0 aliphatic carbocycles. The van der Waals surface area contributed by atoms with Crippen molar-refractivity contribution in [2.75, 3.05) is 0 Å². The Morgan fingerprint density at radius 3 is 2.79 bits per heavy atom. The SMILES string of the molecule is c1ccc2c(c1)nnc1cncnc12. The van der Waals surface area contributed by atoms with Gasteiger partial charge in [-0.15, -0.1) is 10.2 Å². The third kappa shape index (κ3) is 0.939. The zero-order chi connectivity index (χ0) is 9.38. The first kappa shape index (κ1) is 7.32. The zero-order valence-electron chi connectivity index (χ0n) is 7.25. The van der Waals surface area contributed by atoms with Crippen LogP contribution in [0.4, 0.5) is 0 Å². The highest BCUT2D eigenvalue weighted by Crippen LogP contribution is 2.17. The van der Waals surface area contributed by atoms with Crippen LogP contribution in [0, 0.1) is 0 Å². The van der Waals surface area contributed by atoms with Crippen LogP contribution in [0.1, 0.15) is 0 Å². The van der Waals surface area contributed by atoms with Crippen molar-refractivity contribution < 1.29 is 0 Å². The molecule has 1 aromatic carbocycles. The van der Waals surface area contributed by atoms with Crippen LogP contribution in [0.25, 0.3) is 21.9 Å². The van der Waals surface area contributed by atoms with Gasteiger partial charge in [-0.1, -0.05) is 18.2 Å². The molecule has 3 aromatic rings. The van der Waals surface area contributed by atoms with E-state index in [0.29, 0.717) is 0 Å². The molecule has 4 heteroatoms. The molecule has 2 heterocycles. The van der Waals surface area contributed by atoms with Gasteiger partial charge >= 0.3 is 0 Å². The molecule has 0 fully saturated rings. The lowest BCUT2D eigenvalue weighted by Crippen LogP contribution is -1.90. The molecule has 4 nitrogen and oxygen atoms in total. The van der Waals surface area contributed by atoms with Crippen LogP contribution in [0.5, 0.6) is 0 Å². The van der Waals surface area contributed by atoms with E-state index in [0.717, 1.165) is 21.9 Å². The number of hydrogen-bond acceptors (Lipinski definition) is 4. The van der Waals surface area contributed by atoms with E-state index in [2.05, 4.69) is 20.2 Å². The molecular formula is C10H6N4. The van der Waals surface area contributed by atoms with Gasteiger partial charge in [-0.25, -0.2) is 9.97 Å². The molecule has 0 atom stereocenters. The highest BCUT2D eigenvalue weighted by molar-refractivity contribution is 6.00. The summed E-state index contributed by atoms with van der Waals surface area (Å²) >= 11 is 0. The van der Waals surface area contributed by atoms with Gasteiger partial charge in [0.05, 0.1) is 11.7 Å². The summed E-state index contributed by atoms with van der Waals surface area (Å²) in [5.41, 5.74) is 2.44. The average molecular weight is 182 g/mol. The Bertz CT molecular complexity index is 551. The van der Waals surface area contributed by atoms with Gasteiger partial charge in [-0.05, 0) is 6.07 Å². The van der Waals surface area contributed by atoms with Crippen molar-refractivity contribution in [1.29, 1.82) is 0 Å². The molecule has 0 saturated carbocycles. The fraction of sp³-hybridized carbons (Fsp3) is 0. The van der Waals surface area contributed by atoms with E-state index in [9.17, 15) is 0 Å². The Morgan fingerprint density at radius 1 is 0.929 bits per heavy atom. The van der Waals surface area contributed by atoms with Gasteiger partial charge in [0, 0.05) is 5.39 Å². The van der Waals surface area contributed by atoms with Crippen LogP contribution < -0.4 is 0 Å². The fourth-order valence-electron chi connectivity index (χ4n) is 1.47. The van der Waals surface area contributed by atoms with Gasteiger partial charge < -0.3 is 0 Å². The maximum atomic E-state index is 4.20. The highest BCUT2D eigenvalue weighted by Gasteiger charge is 2.02. The topological polar surface area (TPSA) is 51.6 Å². The van der Waals surface area contributed by atoms with Crippen molar-refractivity contribution in [2.45, 2.75) is 0 Å². The monoisotopic (exact) mass is 182 g/mol. The first-order chi connectivity index (χ1) is 6.95. The van der Waals surface area contributed by atoms with Crippen LogP contribution in [0.2, 0.25) is 0 Å². The molecule has 0 saturated heterocycles. The van der Waals surface area contributed by atoms with Crippen LogP contribution >= 0.6 is 0 Å². The summed E-state index contributed by atoms with van der Waals surface area (Å²) in [5.74, 6) is 0. The largest absolute Gasteiger partial charge is 0.242 e. The summed E-state index contributed by atoms with van der Waals surface area (Å²) in [6.07, 6.45) is 3.19. The second-order valence-corrected chi connectivity index (χ2v) is 2.97. The van der Waals surface area contributed by atoms with Crippen molar-refractivity contribution in [1.82, 2.24) is 20.2 Å². The second kappa shape index (κ2) is 2.70.